The number of rotatable bonds is 9. The van der Waals surface area contributed by atoms with Crippen molar-refractivity contribution in [1.29, 1.82) is 0 Å². The van der Waals surface area contributed by atoms with Crippen molar-refractivity contribution in [3.05, 3.63) is 6.92 Å². The molecule has 17 heavy (non-hydrogen) atoms. The second-order valence-corrected chi connectivity index (χ2v) is 4.19. The molecule has 0 aromatic heterocycles. The number of carbonyl (C=O) groups is 1. The largest absolute Gasteiger partial charge is 0.0654 e. The van der Waals surface area contributed by atoms with Crippen LogP contribution >= 0.6 is 0 Å². The van der Waals surface area contributed by atoms with E-state index in [1.165, 1.54) is 0 Å². The van der Waals surface area contributed by atoms with Gasteiger partial charge in [-0.15, -0.1) is 0 Å². The molecular formula is C12H26CuNO3. The second kappa shape index (κ2) is 15.9. The number of unbranched alkanes of at least 4 members (excludes halogenated alkanes) is 2. The van der Waals surface area contributed by atoms with Crippen molar-refractivity contribution in [1.82, 2.24) is 5.32 Å². The summed E-state index contributed by atoms with van der Waals surface area (Å²) in [5.41, 5.74) is 0. The maximum atomic E-state index is 11.1. The van der Waals surface area contributed by atoms with Crippen molar-refractivity contribution in [2.75, 3.05) is 13.1 Å². The summed E-state index contributed by atoms with van der Waals surface area (Å²) in [5.74, 6) is -0.251. The number of hydrogen-bond donors (Lipinski definition) is 2. The van der Waals surface area contributed by atoms with E-state index in [4.69, 9.17) is 3.82 Å². The van der Waals surface area contributed by atoms with Gasteiger partial charge in [0.25, 0.3) is 0 Å². The molecule has 5 heteroatoms. The van der Waals surface area contributed by atoms with E-state index in [1.54, 1.807) is 6.92 Å². The summed E-state index contributed by atoms with van der Waals surface area (Å²) in [6.45, 7) is 10.3. The van der Waals surface area contributed by atoms with Crippen LogP contribution in [0.1, 0.15) is 46.5 Å². The number of aliphatic hydroxyl groups excluding tert-OH is 1. The third-order valence-electron chi connectivity index (χ3n) is 1.72. The van der Waals surface area contributed by atoms with Crippen LogP contribution in [0.25, 0.3) is 0 Å². The summed E-state index contributed by atoms with van der Waals surface area (Å²) in [7, 11) is 0. The van der Waals surface area contributed by atoms with Gasteiger partial charge in [-0.05, 0) is 0 Å². The van der Waals surface area contributed by atoms with Crippen LogP contribution in [-0.2, 0) is 23.9 Å². The minimum atomic E-state index is -0.691. The number of hydrogen-bond acceptors (Lipinski definition) is 4. The monoisotopic (exact) mass is 295 g/mol. The van der Waals surface area contributed by atoms with E-state index in [-0.39, 0.29) is 5.97 Å². The van der Waals surface area contributed by atoms with Gasteiger partial charge in [-0.3, -0.25) is 0 Å². The van der Waals surface area contributed by atoms with Gasteiger partial charge in [-0.2, -0.15) is 0 Å². The third-order valence-corrected chi connectivity index (χ3v) is 2.49. The number of likely N-dealkylation sites (N-methyl/N-ethyl adjacent to an activating group) is 1. The summed E-state index contributed by atoms with van der Waals surface area (Å²) in [6, 6.07) is 0. The van der Waals surface area contributed by atoms with Gasteiger partial charge >= 0.3 is 97.9 Å². The summed E-state index contributed by atoms with van der Waals surface area (Å²) in [4.78, 5) is 11.1. The number of carbonyl (C=O) groups excluding carboxylic acids is 1. The van der Waals surface area contributed by atoms with Crippen LogP contribution in [0.3, 0.4) is 0 Å². The summed E-state index contributed by atoms with van der Waals surface area (Å²) in [5, 5.41) is 11.6. The molecular weight excluding hydrogens is 270 g/mol. The van der Waals surface area contributed by atoms with Crippen molar-refractivity contribution in [2.45, 2.75) is 51.5 Å². The first-order valence-corrected chi connectivity index (χ1v) is 6.98. The van der Waals surface area contributed by atoms with E-state index in [0.29, 0.717) is 13.0 Å². The van der Waals surface area contributed by atoms with Gasteiger partial charge in [0.05, 0.1) is 0 Å². The molecule has 2 N–H and O–H groups in total. The summed E-state index contributed by atoms with van der Waals surface area (Å²) >= 11 is 0.917. The van der Waals surface area contributed by atoms with Gasteiger partial charge in [0.15, 0.2) is 0 Å². The molecule has 1 unspecified atom stereocenters. The molecule has 0 aromatic carbocycles. The Morgan fingerprint density at radius 2 is 2.06 bits per heavy atom. The van der Waals surface area contributed by atoms with E-state index in [1.807, 2.05) is 6.92 Å². The second-order valence-electron chi connectivity index (χ2n) is 3.15. The molecule has 0 saturated carbocycles. The quantitative estimate of drug-likeness (QED) is 0.504. The van der Waals surface area contributed by atoms with Crippen molar-refractivity contribution >= 4 is 5.97 Å². The average Bonchev–Trinajstić information content (AvgIpc) is 2.36. The Balaban J connectivity index is 0. The van der Waals surface area contributed by atoms with Crippen LogP contribution in [0.4, 0.5) is 0 Å². The summed E-state index contributed by atoms with van der Waals surface area (Å²) < 4.78 is 4.82. The first kappa shape index (κ1) is 19.3. The standard InChI is InChI=1S/C6H12O2.C4H10NO.C2H5.Cu/c1-2-3-4-5-6(7)8;1-2-5-3-4-6;1-2;/h2-5H2,1H3,(H,7,8);4-6H,2-3H2,1H3;1H2,2H3;/q;;;+1/p-1. The number of aliphatic hydroxyl groups is 1. The molecule has 0 aliphatic carbocycles. The molecule has 0 spiro atoms. The molecule has 1 atom stereocenters. The topological polar surface area (TPSA) is 58.6 Å². The first-order chi connectivity index (χ1) is 8.20. The first-order valence-electron chi connectivity index (χ1n) is 6.05. The van der Waals surface area contributed by atoms with E-state index in [2.05, 4.69) is 19.2 Å². The fourth-order valence-electron chi connectivity index (χ4n) is 0.908. The zero-order valence-corrected chi connectivity index (χ0v) is 12.0. The molecule has 0 heterocycles. The molecule has 0 fully saturated rings. The van der Waals surface area contributed by atoms with Gasteiger partial charge in [-0.25, -0.2) is 0 Å². The van der Waals surface area contributed by atoms with Gasteiger partial charge in [0.2, 0.25) is 0 Å². The van der Waals surface area contributed by atoms with Crippen molar-refractivity contribution in [3.63, 3.8) is 0 Å². The molecule has 0 aliphatic heterocycles. The Bertz CT molecular complexity index is 168. The van der Waals surface area contributed by atoms with Gasteiger partial charge in [-0.1, -0.05) is 13.8 Å². The van der Waals surface area contributed by atoms with Crippen molar-refractivity contribution < 1.29 is 29.0 Å². The Kier molecular flexibility index (Phi) is 18.0. The molecule has 4 nitrogen and oxygen atoms in total. The van der Waals surface area contributed by atoms with Gasteiger partial charge in [0, 0.05) is 0 Å². The molecule has 0 amide bonds. The molecule has 0 aromatic rings. The van der Waals surface area contributed by atoms with E-state index >= 15 is 0 Å². The normalized spacial score (nSPS) is 11.6. The Morgan fingerprint density at radius 1 is 1.41 bits per heavy atom. The van der Waals surface area contributed by atoms with Gasteiger partial charge < -0.3 is 0 Å². The van der Waals surface area contributed by atoms with Crippen LogP contribution in [-0.4, -0.2) is 29.2 Å². The van der Waals surface area contributed by atoms with Crippen LogP contribution in [0.2, 0.25) is 0 Å². The molecule has 0 rings (SSSR count). The predicted octanol–water partition coefficient (Wildman–Crippen LogP) is 1.88. The van der Waals surface area contributed by atoms with E-state index in [0.717, 1.165) is 41.1 Å². The molecule has 0 saturated heterocycles. The summed E-state index contributed by atoms with van der Waals surface area (Å²) in [6.07, 6.45) is 3.42. The maximum absolute atomic E-state index is 11.1. The van der Waals surface area contributed by atoms with E-state index in [9.17, 15) is 9.90 Å². The molecule has 1 radical (unpaired) electrons. The zero-order chi connectivity index (χ0) is 13.5. The minimum absolute atomic E-state index is 0.251. The molecule has 0 aliphatic rings. The van der Waals surface area contributed by atoms with Crippen molar-refractivity contribution in [3.8, 4) is 0 Å². The Morgan fingerprint density at radius 3 is 2.59 bits per heavy atom. The fourth-order valence-corrected chi connectivity index (χ4v) is 1.47. The van der Waals surface area contributed by atoms with Crippen LogP contribution < -0.4 is 5.32 Å². The zero-order valence-electron chi connectivity index (χ0n) is 11.1. The predicted molar refractivity (Wildman–Crippen MR) is 65.8 cm³/mol. The Labute approximate surface area is 112 Å². The van der Waals surface area contributed by atoms with Crippen LogP contribution in [0, 0.1) is 6.92 Å². The fraction of sp³-hybridized carbons (Fsp3) is 0.833. The smallest absolute Gasteiger partial charge is 0.0564 e. The third kappa shape index (κ3) is 15.9. The maximum Gasteiger partial charge on any atom is -0.0564 e. The number of nitrogens with one attached hydrogen (secondary N) is 1. The van der Waals surface area contributed by atoms with E-state index < -0.39 is 5.00 Å². The van der Waals surface area contributed by atoms with Gasteiger partial charge in [0.1, 0.15) is 0 Å². The van der Waals surface area contributed by atoms with Crippen LogP contribution in [0.5, 0.6) is 0 Å². The molecule has 0 bridgehead atoms. The molecule has 108 valence electrons. The van der Waals surface area contributed by atoms with Crippen molar-refractivity contribution in [2.24, 2.45) is 0 Å². The van der Waals surface area contributed by atoms with Crippen LogP contribution in [0.15, 0.2) is 0 Å². The average molecular weight is 296 g/mol. The minimum Gasteiger partial charge on any atom is -0.0654 e. The SMILES string of the molecule is CCCCCC(=O)[O][Cu][CH](O)CNCC.[CH2]C. The Hall–Kier alpha value is -0.0905.